The maximum absolute atomic E-state index is 15.9. The summed E-state index contributed by atoms with van der Waals surface area (Å²) in [6, 6.07) is 7.23. The minimum absolute atomic E-state index is 0.0393. The van der Waals surface area contributed by atoms with Crippen molar-refractivity contribution in [3.63, 3.8) is 0 Å². The van der Waals surface area contributed by atoms with E-state index < -0.39 is 6.17 Å². The van der Waals surface area contributed by atoms with Crippen LogP contribution in [0.15, 0.2) is 36.7 Å². The second kappa shape index (κ2) is 10.0. The van der Waals surface area contributed by atoms with Gasteiger partial charge in [-0.1, -0.05) is 32.8 Å². The highest BCUT2D eigenvalue weighted by atomic mass is 19.1. The summed E-state index contributed by atoms with van der Waals surface area (Å²) in [7, 11) is 0. The zero-order chi connectivity index (χ0) is 26.3. The van der Waals surface area contributed by atoms with Crippen LogP contribution in [0.1, 0.15) is 58.8 Å². The molecule has 2 saturated carbocycles. The van der Waals surface area contributed by atoms with Gasteiger partial charge in [0.1, 0.15) is 25.1 Å². The van der Waals surface area contributed by atoms with Gasteiger partial charge in [-0.3, -0.25) is 0 Å². The van der Waals surface area contributed by atoms with Crippen LogP contribution in [0.3, 0.4) is 0 Å². The van der Waals surface area contributed by atoms with Gasteiger partial charge in [0.15, 0.2) is 17.4 Å². The van der Waals surface area contributed by atoms with Crippen LogP contribution in [0.4, 0.5) is 10.2 Å². The first-order valence-electron chi connectivity index (χ1n) is 13.7. The molecule has 9 heteroatoms. The summed E-state index contributed by atoms with van der Waals surface area (Å²) in [5.74, 6) is 2.04. The van der Waals surface area contributed by atoms with Crippen LogP contribution < -0.4 is 14.4 Å². The van der Waals surface area contributed by atoms with Crippen molar-refractivity contribution < 1.29 is 19.0 Å². The van der Waals surface area contributed by atoms with E-state index >= 15 is 4.39 Å². The summed E-state index contributed by atoms with van der Waals surface area (Å²) in [6.07, 6.45) is 9.16. The summed E-state index contributed by atoms with van der Waals surface area (Å²) in [4.78, 5) is 11.0. The van der Waals surface area contributed by atoms with Gasteiger partial charge in [-0.25, -0.2) is 14.4 Å². The minimum atomic E-state index is -0.912. The number of alkyl halides is 1. The fourth-order valence-electron chi connectivity index (χ4n) is 6.06. The number of hydrogen-bond acceptors (Lipinski definition) is 8. The number of fused-ring (bicyclic) bond motifs is 1. The van der Waals surface area contributed by atoms with Crippen molar-refractivity contribution in [1.82, 2.24) is 20.2 Å². The highest BCUT2D eigenvalue weighted by molar-refractivity contribution is 5.73. The largest absolute Gasteiger partial charge is 0.507 e. The van der Waals surface area contributed by atoms with Crippen LogP contribution in [0, 0.1) is 5.41 Å². The SMILES string of the molecule is CCC[C@]1(C)CCC[C@H](N(c2cnc(-c3ccc(-c4cnc5c(c4)OCCO5)cc3O)nn2)C2CC2)[C@@H]1F. The molecule has 3 aliphatic rings. The number of phenols is 1. The third-order valence-electron chi connectivity index (χ3n) is 8.15. The molecule has 1 aliphatic heterocycles. The van der Waals surface area contributed by atoms with Crippen molar-refractivity contribution in [1.29, 1.82) is 0 Å². The molecule has 3 atom stereocenters. The summed E-state index contributed by atoms with van der Waals surface area (Å²) < 4.78 is 27.0. The number of benzene rings is 1. The molecule has 38 heavy (non-hydrogen) atoms. The summed E-state index contributed by atoms with van der Waals surface area (Å²) in [5, 5.41) is 19.7. The number of phenolic OH excluding ortho intramolecular Hbond substituents is 1. The fourth-order valence-corrected chi connectivity index (χ4v) is 6.06. The minimum Gasteiger partial charge on any atom is -0.507 e. The molecule has 3 heterocycles. The van der Waals surface area contributed by atoms with Crippen LogP contribution in [0.25, 0.3) is 22.5 Å². The summed E-state index contributed by atoms with van der Waals surface area (Å²) >= 11 is 0. The van der Waals surface area contributed by atoms with Gasteiger partial charge in [0.05, 0.1) is 17.8 Å². The molecule has 200 valence electrons. The molecule has 2 aliphatic carbocycles. The third kappa shape index (κ3) is 4.63. The van der Waals surface area contributed by atoms with E-state index in [0.717, 1.165) is 56.1 Å². The van der Waals surface area contributed by atoms with Crippen LogP contribution in [0.5, 0.6) is 17.4 Å². The molecular formula is C29H34FN5O3. The molecule has 0 unspecified atom stereocenters. The number of hydrogen-bond donors (Lipinski definition) is 1. The van der Waals surface area contributed by atoms with Crippen LogP contribution >= 0.6 is 0 Å². The van der Waals surface area contributed by atoms with Crippen LogP contribution in [0.2, 0.25) is 0 Å². The Balaban J connectivity index is 1.24. The average molecular weight is 520 g/mol. The Morgan fingerprint density at radius 1 is 1.05 bits per heavy atom. The second-order valence-corrected chi connectivity index (χ2v) is 11.0. The number of rotatable bonds is 7. The van der Waals surface area contributed by atoms with Crippen LogP contribution in [-0.4, -0.2) is 56.7 Å². The van der Waals surface area contributed by atoms with E-state index in [-0.39, 0.29) is 23.2 Å². The predicted octanol–water partition coefficient (Wildman–Crippen LogP) is 5.74. The van der Waals surface area contributed by atoms with E-state index in [1.807, 2.05) is 12.1 Å². The highest BCUT2D eigenvalue weighted by Gasteiger charge is 2.48. The number of aromatic nitrogens is 4. The third-order valence-corrected chi connectivity index (χ3v) is 8.15. The lowest BCUT2D eigenvalue weighted by molar-refractivity contribution is 0.0423. The Bertz CT molecular complexity index is 1300. The molecule has 0 amide bonds. The Labute approximate surface area is 222 Å². The van der Waals surface area contributed by atoms with Gasteiger partial charge < -0.3 is 19.5 Å². The summed E-state index contributed by atoms with van der Waals surface area (Å²) in [6.45, 7) is 5.18. The lowest BCUT2D eigenvalue weighted by Crippen LogP contribution is -2.52. The standard InChI is InChI=1S/C29H34FN5O3/c1-3-10-29(2)11-4-5-22(26(29)30)35(20-7-8-20)25-17-31-27(34-33-25)21-9-6-18(14-23(21)36)19-15-24-28(32-16-19)38-13-12-37-24/h6,9,14-17,20,22,26,36H,3-5,7-8,10-13H2,1-2H3/t22-,26-,29+/m0/s1. The quantitative estimate of drug-likeness (QED) is 0.422. The van der Waals surface area contributed by atoms with Gasteiger partial charge in [-0.15, -0.1) is 10.2 Å². The first kappa shape index (κ1) is 24.8. The molecule has 1 N–H and O–H groups in total. The van der Waals surface area contributed by atoms with E-state index in [1.165, 1.54) is 0 Å². The van der Waals surface area contributed by atoms with Crippen molar-refractivity contribution in [2.75, 3.05) is 18.1 Å². The molecule has 0 bridgehead atoms. The van der Waals surface area contributed by atoms with Gasteiger partial charge in [0.25, 0.3) is 5.88 Å². The topological polar surface area (TPSA) is 93.5 Å². The monoisotopic (exact) mass is 519 g/mol. The maximum Gasteiger partial charge on any atom is 0.257 e. The number of aromatic hydroxyl groups is 1. The molecule has 3 aromatic rings. The number of pyridine rings is 1. The molecule has 0 radical (unpaired) electrons. The average Bonchev–Trinajstić information content (AvgIpc) is 3.77. The molecule has 8 nitrogen and oxygen atoms in total. The maximum atomic E-state index is 15.9. The Morgan fingerprint density at radius 2 is 1.89 bits per heavy atom. The zero-order valence-corrected chi connectivity index (χ0v) is 21.9. The Kier molecular flexibility index (Phi) is 6.53. The normalized spacial score (nSPS) is 24.7. The van der Waals surface area contributed by atoms with Crippen molar-refractivity contribution in [2.45, 2.75) is 77.0 Å². The van der Waals surface area contributed by atoms with Crippen molar-refractivity contribution in [3.05, 3.63) is 36.7 Å². The van der Waals surface area contributed by atoms with Gasteiger partial charge in [-0.2, -0.15) is 0 Å². The van der Waals surface area contributed by atoms with E-state index in [1.54, 1.807) is 24.5 Å². The second-order valence-electron chi connectivity index (χ2n) is 11.0. The molecule has 6 rings (SSSR count). The molecule has 1 aromatic carbocycles. The van der Waals surface area contributed by atoms with Crippen molar-refractivity contribution >= 4 is 5.82 Å². The van der Waals surface area contributed by atoms with Crippen molar-refractivity contribution in [3.8, 4) is 39.9 Å². The highest BCUT2D eigenvalue weighted by Crippen LogP contribution is 2.46. The molecular weight excluding hydrogens is 485 g/mol. The first-order valence-corrected chi connectivity index (χ1v) is 13.7. The van der Waals surface area contributed by atoms with E-state index in [2.05, 4.69) is 38.9 Å². The molecule has 2 aromatic heterocycles. The van der Waals surface area contributed by atoms with Crippen LogP contribution in [-0.2, 0) is 0 Å². The Morgan fingerprint density at radius 3 is 2.63 bits per heavy atom. The fraction of sp³-hybridized carbons (Fsp3) is 0.517. The lowest BCUT2D eigenvalue weighted by Gasteiger charge is -2.46. The van der Waals surface area contributed by atoms with Crippen molar-refractivity contribution in [2.24, 2.45) is 5.41 Å². The molecule has 0 spiro atoms. The van der Waals surface area contributed by atoms with E-state index in [9.17, 15) is 5.11 Å². The smallest absolute Gasteiger partial charge is 0.257 e. The number of halogens is 1. The van der Waals surface area contributed by atoms with E-state index in [0.29, 0.717) is 42.0 Å². The number of anilines is 1. The number of nitrogens with zero attached hydrogens (tertiary/aromatic N) is 5. The lowest BCUT2D eigenvalue weighted by atomic mass is 9.69. The van der Waals surface area contributed by atoms with Gasteiger partial charge in [-0.05, 0) is 55.9 Å². The summed E-state index contributed by atoms with van der Waals surface area (Å²) in [5.41, 5.74) is 1.76. The predicted molar refractivity (Wildman–Crippen MR) is 142 cm³/mol. The van der Waals surface area contributed by atoms with Gasteiger partial charge >= 0.3 is 0 Å². The Hall–Kier alpha value is -3.49. The first-order chi connectivity index (χ1) is 18.5. The van der Waals surface area contributed by atoms with Gasteiger partial charge in [0, 0.05) is 23.2 Å². The zero-order valence-electron chi connectivity index (χ0n) is 21.9. The van der Waals surface area contributed by atoms with E-state index in [4.69, 9.17) is 9.47 Å². The van der Waals surface area contributed by atoms with Gasteiger partial charge in [0.2, 0.25) is 0 Å². The molecule has 0 saturated heterocycles. The number of ether oxygens (including phenoxy) is 2. The molecule has 2 fully saturated rings.